The van der Waals surface area contributed by atoms with E-state index in [2.05, 4.69) is 23.8 Å². The van der Waals surface area contributed by atoms with Crippen LogP contribution in [0, 0.1) is 18.3 Å². The van der Waals surface area contributed by atoms with E-state index in [-0.39, 0.29) is 0 Å². The molecule has 4 nitrogen and oxygen atoms in total. The first-order valence-electron chi connectivity index (χ1n) is 4.53. The molecule has 0 amide bonds. The lowest BCUT2D eigenvalue weighted by Gasteiger charge is -2.22. The summed E-state index contributed by atoms with van der Waals surface area (Å²) in [5, 5.41) is 8.75. The van der Waals surface area contributed by atoms with Crippen molar-refractivity contribution >= 4 is 5.82 Å². The van der Waals surface area contributed by atoms with Crippen LogP contribution in [0.4, 0.5) is 5.82 Å². The molecule has 1 aromatic rings. The third kappa shape index (κ3) is 2.19. The Hall–Kier alpha value is -1.63. The molecule has 1 rings (SSSR count). The van der Waals surface area contributed by atoms with Crippen molar-refractivity contribution in [3.63, 3.8) is 0 Å². The summed E-state index contributed by atoms with van der Waals surface area (Å²) in [5.74, 6) is 1.43. The van der Waals surface area contributed by atoms with E-state index in [0.717, 1.165) is 5.82 Å². The van der Waals surface area contributed by atoms with Gasteiger partial charge in [0, 0.05) is 19.2 Å². The molecule has 0 radical (unpaired) electrons. The summed E-state index contributed by atoms with van der Waals surface area (Å²) in [7, 11) is 1.95. The maximum atomic E-state index is 8.75. The van der Waals surface area contributed by atoms with Gasteiger partial charge in [-0.1, -0.05) is 0 Å². The normalized spacial score (nSPS) is 10.0. The zero-order chi connectivity index (χ0) is 10.7. The SMILES string of the molecule is Cc1nc(C#N)cc(N(C)C(C)C)n1. The Morgan fingerprint density at radius 1 is 1.43 bits per heavy atom. The molecular weight excluding hydrogens is 176 g/mol. The molecule has 0 saturated heterocycles. The molecule has 74 valence electrons. The number of anilines is 1. The number of hydrogen-bond donors (Lipinski definition) is 0. The van der Waals surface area contributed by atoms with Gasteiger partial charge in [0.1, 0.15) is 23.4 Å². The second kappa shape index (κ2) is 4.05. The average molecular weight is 190 g/mol. The third-order valence-electron chi connectivity index (χ3n) is 2.07. The van der Waals surface area contributed by atoms with E-state index < -0.39 is 0 Å². The van der Waals surface area contributed by atoms with Crippen LogP contribution in [0.1, 0.15) is 25.4 Å². The van der Waals surface area contributed by atoms with Crippen LogP contribution in [0.15, 0.2) is 6.07 Å². The van der Waals surface area contributed by atoms with Gasteiger partial charge in [-0.2, -0.15) is 5.26 Å². The number of hydrogen-bond acceptors (Lipinski definition) is 4. The largest absolute Gasteiger partial charge is 0.357 e. The van der Waals surface area contributed by atoms with Gasteiger partial charge in [0.15, 0.2) is 0 Å². The molecule has 0 bridgehead atoms. The highest BCUT2D eigenvalue weighted by molar-refractivity contribution is 5.42. The molecule has 4 heteroatoms. The first-order valence-corrected chi connectivity index (χ1v) is 4.53. The lowest BCUT2D eigenvalue weighted by molar-refractivity contribution is 0.738. The van der Waals surface area contributed by atoms with Crippen molar-refractivity contribution in [1.29, 1.82) is 5.26 Å². The van der Waals surface area contributed by atoms with Crippen LogP contribution in [0.25, 0.3) is 0 Å². The van der Waals surface area contributed by atoms with Crippen LogP contribution in [0.3, 0.4) is 0 Å². The van der Waals surface area contributed by atoms with E-state index in [0.29, 0.717) is 17.6 Å². The number of nitriles is 1. The second-order valence-corrected chi connectivity index (χ2v) is 3.48. The molecule has 1 heterocycles. The predicted molar refractivity (Wildman–Crippen MR) is 55.0 cm³/mol. The molecule has 0 unspecified atom stereocenters. The van der Waals surface area contributed by atoms with Crippen LogP contribution in [0.5, 0.6) is 0 Å². The first-order chi connectivity index (χ1) is 6.54. The molecule has 1 aromatic heterocycles. The number of aryl methyl sites for hydroxylation is 1. The molecule has 0 N–H and O–H groups in total. The Bertz CT molecular complexity index is 365. The highest BCUT2D eigenvalue weighted by atomic mass is 15.2. The van der Waals surface area contributed by atoms with E-state index in [9.17, 15) is 0 Å². The van der Waals surface area contributed by atoms with Crippen molar-refractivity contribution in [2.75, 3.05) is 11.9 Å². The summed E-state index contributed by atoms with van der Waals surface area (Å²) in [5.41, 5.74) is 0.417. The zero-order valence-electron chi connectivity index (χ0n) is 8.94. The number of rotatable bonds is 2. The molecule has 0 aliphatic carbocycles. The Morgan fingerprint density at radius 3 is 2.57 bits per heavy atom. The van der Waals surface area contributed by atoms with Gasteiger partial charge in [-0.25, -0.2) is 9.97 Å². The summed E-state index contributed by atoms with van der Waals surface area (Å²) in [4.78, 5) is 10.3. The molecule has 0 atom stereocenters. The van der Waals surface area contributed by atoms with Crippen LogP contribution >= 0.6 is 0 Å². The van der Waals surface area contributed by atoms with Crippen molar-refractivity contribution < 1.29 is 0 Å². The van der Waals surface area contributed by atoms with E-state index >= 15 is 0 Å². The Kier molecular flexibility index (Phi) is 3.03. The van der Waals surface area contributed by atoms with Crippen molar-refractivity contribution in [2.24, 2.45) is 0 Å². The maximum Gasteiger partial charge on any atom is 0.146 e. The van der Waals surface area contributed by atoms with Crippen molar-refractivity contribution in [3.05, 3.63) is 17.6 Å². The summed E-state index contributed by atoms with van der Waals surface area (Å²) >= 11 is 0. The monoisotopic (exact) mass is 190 g/mol. The summed E-state index contributed by atoms with van der Waals surface area (Å²) in [6.45, 7) is 5.94. The minimum Gasteiger partial charge on any atom is -0.357 e. The van der Waals surface area contributed by atoms with Gasteiger partial charge in [0.05, 0.1) is 0 Å². The van der Waals surface area contributed by atoms with Crippen LogP contribution < -0.4 is 4.90 Å². The van der Waals surface area contributed by atoms with Crippen LogP contribution in [-0.2, 0) is 0 Å². The van der Waals surface area contributed by atoms with Gasteiger partial charge in [0.25, 0.3) is 0 Å². The number of nitrogens with zero attached hydrogens (tertiary/aromatic N) is 4. The van der Waals surface area contributed by atoms with Crippen LogP contribution in [0.2, 0.25) is 0 Å². The van der Waals surface area contributed by atoms with E-state index in [1.165, 1.54) is 0 Å². The van der Waals surface area contributed by atoms with Gasteiger partial charge in [-0.3, -0.25) is 0 Å². The summed E-state index contributed by atoms with van der Waals surface area (Å²) in [6.07, 6.45) is 0. The maximum absolute atomic E-state index is 8.75. The van der Waals surface area contributed by atoms with E-state index in [1.54, 1.807) is 13.0 Å². The van der Waals surface area contributed by atoms with Gasteiger partial charge in [-0.05, 0) is 20.8 Å². The topological polar surface area (TPSA) is 52.8 Å². The standard InChI is InChI=1S/C10H14N4/c1-7(2)14(4)10-5-9(6-11)12-8(3)13-10/h5,7H,1-4H3. The lowest BCUT2D eigenvalue weighted by atomic mass is 10.3. The lowest BCUT2D eigenvalue weighted by Crippen LogP contribution is -2.27. The number of aromatic nitrogens is 2. The quantitative estimate of drug-likeness (QED) is 0.709. The van der Waals surface area contributed by atoms with Crippen molar-refractivity contribution in [1.82, 2.24) is 9.97 Å². The highest BCUT2D eigenvalue weighted by Gasteiger charge is 2.08. The first kappa shape index (κ1) is 10.5. The fourth-order valence-electron chi connectivity index (χ4n) is 1.05. The van der Waals surface area contributed by atoms with Gasteiger partial charge >= 0.3 is 0 Å². The Labute approximate surface area is 84.2 Å². The van der Waals surface area contributed by atoms with Gasteiger partial charge in [-0.15, -0.1) is 0 Å². The van der Waals surface area contributed by atoms with E-state index in [4.69, 9.17) is 5.26 Å². The smallest absolute Gasteiger partial charge is 0.146 e. The minimum atomic E-state index is 0.357. The summed E-state index contributed by atoms with van der Waals surface area (Å²) < 4.78 is 0. The van der Waals surface area contributed by atoms with E-state index in [1.807, 2.05) is 18.0 Å². The molecule has 0 fully saturated rings. The molecule has 0 aromatic carbocycles. The minimum absolute atomic E-state index is 0.357. The molecule has 0 saturated carbocycles. The molecular formula is C10H14N4. The Morgan fingerprint density at radius 2 is 2.07 bits per heavy atom. The predicted octanol–water partition coefficient (Wildman–Crippen LogP) is 1.50. The average Bonchev–Trinajstić information content (AvgIpc) is 2.15. The van der Waals surface area contributed by atoms with Crippen molar-refractivity contribution in [3.8, 4) is 6.07 Å². The second-order valence-electron chi connectivity index (χ2n) is 3.48. The molecule has 0 spiro atoms. The van der Waals surface area contributed by atoms with Gasteiger partial charge in [0.2, 0.25) is 0 Å². The highest BCUT2D eigenvalue weighted by Crippen LogP contribution is 2.12. The third-order valence-corrected chi connectivity index (χ3v) is 2.07. The molecule has 14 heavy (non-hydrogen) atoms. The fourth-order valence-corrected chi connectivity index (χ4v) is 1.05. The molecule has 0 aliphatic rings. The fraction of sp³-hybridized carbons (Fsp3) is 0.500. The van der Waals surface area contributed by atoms with Crippen molar-refractivity contribution in [2.45, 2.75) is 26.8 Å². The zero-order valence-corrected chi connectivity index (χ0v) is 8.94. The summed E-state index contributed by atoms with van der Waals surface area (Å²) in [6, 6.07) is 4.08. The van der Waals surface area contributed by atoms with Gasteiger partial charge < -0.3 is 4.90 Å². The van der Waals surface area contributed by atoms with Crippen LogP contribution in [-0.4, -0.2) is 23.1 Å². The Balaban J connectivity index is 3.10. The molecule has 0 aliphatic heterocycles.